The summed E-state index contributed by atoms with van der Waals surface area (Å²) in [5.41, 5.74) is 1.26. The number of anilines is 1. The van der Waals surface area contributed by atoms with Gasteiger partial charge in [-0.25, -0.2) is 28.2 Å². The van der Waals surface area contributed by atoms with E-state index in [0.717, 1.165) is 0 Å². The molecule has 0 saturated carbocycles. The summed E-state index contributed by atoms with van der Waals surface area (Å²) < 4.78 is 34.8. The topological polar surface area (TPSA) is 135 Å². The molecule has 1 saturated heterocycles. The summed E-state index contributed by atoms with van der Waals surface area (Å²) in [7, 11) is -1.28. The van der Waals surface area contributed by atoms with E-state index in [1.807, 2.05) is 0 Å². The molecular weight excluding hydrogens is 450 g/mol. The molecule has 0 atom stereocenters. The van der Waals surface area contributed by atoms with Gasteiger partial charge in [0.1, 0.15) is 28.1 Å². The number of hydrogen-bond acceptors (Lipinski definition) is 9. The Labute approximate surface area is 193 Å². The molecule has 0 aromatic carbocycles. The first kappa shape index (κ1) is 24.5. The minimum Gasteiger partial charge on any atom is -0.474 e. The molecule has 1 amide bonds. The molecular formula is C21H29N5O6S. The number of carboxylic acid groups (broad SMARTS) is 1. The fourth-order valence-corrected chi connectivity index (χ4v) is 3.95. The first-order chi connectivity index (χ1) is 15.5. The second-order valence-corrected chi connectivity index (χ2v) is 10.4. The molecule has 180 valence electrons. The predicted molar refractivity (Wildman–Crippen MR) is 122 cm³/mol. The molecule has 0 aliphatic carbocycles. The third kappa shape index (κ3) is 6.67. The van der Waals surface area contributed by atoms with E-state index in [-0.39, 0.29) is 11.9 Å². The Bertz CT molecular complexity index is 1100. The Hall–Kier alpha value is -3.15. The zero-order valence-corrected chi connectivity index (χ0v) is 20.0. The van der Waals surface area contributed by atoms with Crippen molar-refractivity contribution in [3.63, 3.8) is 0 Å². The number of aromatic nitrogens is 3. The SMILES string of the molecule is Cc1nc(N(C)CCS(C)(=O)=O)ccc1Oc1ncnc(OC2CCN(C(=O)O)CC2)c1C. The number of rotatable bonds is 8. The molecule has 12 heteroatoms. The number of aryl methyl sites for hydroxylation is 1. The maximum Gasteiger partial charge on any atom is 0.407 e. The van der Waals surface area contributed by atoms with Crippen LogP contribution in [0.5, 0.6) is 17.5 Å². The lowest BCUT2D eigenvalue weighted by Crippen LogP contribution is -2.41. The Kier molecular flexibility index (Phi) is 7.57. The monoisotopic (exact) mass is 479 g/mol. The molecule has 0 radical (unpaired) electrons. The van der Waals surface area contributed by atoms with Gasteiger partial charge in [0, 0.05) is 45.8 Å². The smallest absolute Gasteiger partial charge is 0.407 e. The highest BCUT2D eigenvalue weighted by Gasteiger charge is 2.25. The van der Waals surface area contributed by atoms with E-state index in [1.165, 1.54) is 17.5 Å². The van der Waals surface area contributed by atoms with Crippen LogP contribution in [0.3, 0.4) is 0 Å². The number of ether oxygens (including phenoxy) is 2. The van der Waals surface area contributed by atoms with Crippen molar-refractivity contribution in [1.82, 2.24) is 19.9 Å². The number of piperidine rings is 1. The average Bonchev–Trinajstić information content (AvgIpc) is 2.76. The highest BCUT2D eigenvalue weighted by atomic mass is 32.2. The first-order valence-corrected chi connectivity index (χ1v) is 12.6. The summed E-state index contributed by atoms with van der Waals surface area (Å²) in [4.78, 5) is 27.2. The van der Waals surface area contributed by atoms with E-state index in [9.17, 15) is 13.2 Å². The highest BCUT2D eigenvalue weighted by molar-refractivity contribution is 7.90. The van der Waals surface area contributed by atoms with Gasteiger partial charge >= 0.3 is 6.09 Å². The van der Waals surface area contributed by atoms with Crippen molar-refractivity contribution < 1.29 is 27.8 Å². The van der Waals surface area contributed by atoms with Gasteiger partial charge in [-0.1, -0.05) is 0 Å². The van der Waals surface area contributed by atoms with Gasteiger partial charge in [-0.3, -0.25) is 0 Å². The van der Waals surface area contributed by atoms with Crippen molar-refractivity contribution in [2.24, 2.45) is 0 Å². The summed E-state index contributed by atoms with van der Waals surface area (Å²) in [6.45, 7) is 4.77. The predicted octanol–water partition coefficient (Wildman–Crippen LogP) is 2.28. The van der Waals surface area contributed by atoms with Crippen LogP contribution in [-0.4, -0.2) is 84.3 Å². The molecule has 1 aliphatic rings. The summed E-state index contributed by atoms with van der Waals surface area (Å²) in [5, 5.41) is 9.08. The van der Waals surface area contributed by atoms with Gasteiger partial charge < -0.3 is 24.4 Å². The zero-order chi connectivity index (χ0) is 24.2. The van der Waals surface area contributed by atoms with Crippen LogP contribution in [-0.2, 0) is 9.84 Å². The molecule has 3 rings (SSSR count). The molecule has 2 aromatic heterocycles. The summed E-state index contributed by atoms with van der Waals surface area (Å²) in [6.07, 6.45) is 2.69. The van der Waals surface area contributed by atoms with E-state index in [4.69, 9.17) is 14.6 Å². The van der Waals surface area contributed by atoms with Gasteiger partial charge in [-0.05, 0) is 26.0 Å². The van der Waals surface area contributed by atoms with E-state index in [1.54, 1.807) is 37.9 Å². The van der Waals surface area contributed by atoms with Gasteiger partial charge in [0.15, 0.2) is 5.75 Å². The summed E-state index contributed by atoms with van der Waals surface area (Å²) in [6, 6.07) is 3.52. The largest absolute Gasteiger partial charge is 0.474 e. The van der Waals surface area contributed by atoms with Crippen LogP contribution in [0.1, 0.15) is 24.1 Å². The maximum atomic E-state index is 11.4. The van der Waals surface area contributed by atoms with Crippen LogP contribution >= 0.6 is 0 Å². The Balaban J connectivity index is 1.67. The van der Waals surface area contributed by atoms with Crippen LogP contribution < -0.4 is 14.4 Å². The second kappa shape index (κ2) is 10.2. The molecule has 0 unspecified atom stereocenters. The Morgan fingerprint density at radius 1 is 1.21 bits per heavy atom. The maximum absolute atomic E-state index is 11.4. The number of carbonyl (C=O) groups is 1. The minimum absolute atomic E-state index is 0.0424. The number of hydrogen-bond donors (Lipinski definition) is 1. The lowest BCUT2D eigenvalue weighted by molar-refractivity contribution is 0.0864. The van der Waals surface area contributed by atoms with Crippen LogP contribution in [0.25, 0.3) is 0 Å². The molecule has 1 aliphatic heterocycles. The molecule has 0 spiro atoms. The van der Waals surface area contributed by atoms with Crippen molar-refractivity contribution in [2.75, 3.05) is 43.6 Å². The lowest BCUT2D eigenvalue weighted by Gasteiger charge is -2.30. The Morgan fingerprint density at radius 2 is 1.88 bits per heavy atom. The van der Waals surface area contributed by atoms with Crippen LogP contribution in [0, 0.1) is 13.8 Å². The van der Waals surface area contributed by atoms with Gasteiger partial charge in [-0.15, -0.1) is 0 Å². The standard InChI is InChI=1S/C21H29N5O6S/c1-14-19(31-16-7-9-26(10-8-16)21(27)28)22-13-23-20(14)32-17-5-6-18(24-15(17)2)25(3)11-12-33(4,29)30/h5-6,13,16H,7-12H2,1-4H3,(H,27,28). The molecule has 2 aromatic rings. The third-order valence-corrected chi connectivity index (χ3v) is 6.32. The number of amides is 1. The van der Waals surface area contributed by atoms with E-state index in [0.29, 0.717) is 67.1 Å². The quantitative estimate of drug-likeness (QED) is 0.600. The number of sulfone groups is 1. The fourth-order valence-electron chi connectivity index (χ4n) is 3.34. The summed E-state index contributed by atoms with van der Waals surface area (Å²) >= 11 is 0. The molecule has 11 nitrogen and oxygen atoms in total. The molecule has 33 heavy (non-hydrogen) atoms. The molecule has 1 fully saturated rings. The normalized spacial score (nSPS) is 14.7. The van der Waals surface area contributed by atoms with Crippen molar-refractivity contribution >= 4 is 21.7 Å². The van der Waals surface area contributed by atoms with Crippen molar-refractivity contribution in [2.45, 2.75) is 32.8 Å². The van der Waals surface area contributed by atoms with Gasteiger partial charge in [-0.2, -0.15) is 0 Å². The zero-order valence-electron chi connectivity index (χ0n) is 19.2. The third-order valence-electron chi connectivity index (χ3n) is 5.40. The van der Waals surface area contributed by atoms with Crippen molar-refractivity contribution in [3.05, 3.63) is 29.7 Å². The molecule has 3 heterocycles. The number of pyridine rings is 1. The summed E-state index contributed by atoms with van der Waals surface area (Å²) in [5.74, 6) is 1.93. The fraction of sp³-hybridized carbons (Fsp3) is 0.524. The first-order valence-electron chi connectivity index (χ1n) is 10.5. The van der Waals surface area contributed by atoms with Gasteiger partial charge in [0.05, 0.1) is 17.0 Å². The van der Waals surface area contributed by atoms with Crippen molar-refractivity contribution in [1.29, 1.82) is 0 Å². The molecule has 0 bridgehead atoms. The minimum atomic E-state index is -3.06. The van der Waals surface area contributed by atoms with Crippen LogP contribution in [0.15, 0.2) is 18.5 Å². The van der Waals surface area contributed by atoms with Crippen LogP contribution in [0.4, 0.5) is 10.6 Å². The van der Waals surface area contributed by atoms with E-state index < -0.39 is 15.9 Å². The van der Waals surface area contributed by atoms with Crippen LogP contribution in [0.2, 0.25) is 0 Å². The number of nitrogens with zero attached hydrogens (tertiary/aromatic N) is 5. The molecule has 1 N–H and O–H groups in total. The Morgan fingerprint density at radius 3 is 2.48 bits per heavy atom. The average molecular weight is 480 g/mol. The van der Waals surface area contributed by atoms with Crippen molar-refractivity contribution in [3.8, 4) is 17.5 Å². The highest BCUT2D eigenvalue weighted by Crippen LogP contribution is 2.31. The lowest BCUT2D eigenvalue weighted by atomic mass is 10.1. The second-order valence-electron chi connectivity index (χ2n) is 8.10. The van der Waals surface area contributed by atoms with E-state index in [2.05, 4.69) is 15.0 Å². The van der Waals surface area contributed by atoms with E-state index >= 15 is 0 Å². The van der Waals surface area contributed by atoms with Gasteiger partial charge in [0.25, 0.3) is 0 Å². The van der Waals surface area contributed by atoms with Gasteiger partial charge in [0.2, 0.25) is 11.8 Å². The number of likely N-dealkylation sites (tertiary alicyclic amines) is 1.